The highest BCUT2D eigenvalue weighted by Gasteiger charge is 2.15. The van der Waals surface area contributed by atoms with Crippen molar-refractivity contribution in [2.24, 2.45) is 0 Å². The minimum atomic E-state index is 0.738. The molecule has 0 saturated heterocycles. The third-order valence-electron chi connectivity index (χ3n) is 2.84. The first kappa shape index (κ1) is 9.87. The summed E-state index contributed by atoms with van der Waals surface area (Å²) in [5.74, 6) is 0.874. The van der Waals surface area contributed by atoms with Crippen LogP contribution in [0.1, 0.15) is 11.4 Å². The largest absolute Gasteiger partial charge is 0.341 e. The number of aromatic amines is 1. The summed E-state index contributed by atoms with van der Waals surface area (Å²) in [4.78, 5) is 7.93. The van der Waals surface area contributed by atoms with Crippen LogP contribution < -0.4 is 5.32 Å². The first-order valence-corrected chi connectivity index (χ1v) is 5.76. The molecule has 0 aliphatic carbocycles. The molecule has 0 spiro atoms. The fourth-order valence-electron chi connectivity index (χ4n) is 2.00. The molecule has 0 bridgehead atoms. The van der Waals surface area contributed by atoms with Gasteiger partial charge >= 0.3 is 0 Å². The second-order valence-corrected chi connectivity index (χ2v) is 4.32. The van der Waals surface area contributed by atoms with Crippen molar-refractivity contribution < 1.29 is 0 Å². The molecule has 1 aromatic carbocycles. The summed E-state index contributed by atoms with van der Waals surface area (Å²) >= 11 is 6.15. The van der Waals surface area contributed by atoms with Crippen molar-refractivity contribution in [2.75, 3.05) is 6.54 Å². The van der Waals surface area contributed by atoms with Crippen LogP contribution in [0.5, 0.6) is 0 Å². The minimum Gasteiger partial charge on any atom is -0.341 e. The first-order chi connectivity index (χ1) is 7.84. The third-order valence-corrected chi connectivity index (χ3v) is 3.17. The van der Waals surface area contributed by atoms with Crippen LogP contribution >= 0.6 is 11.6 Å². The quantitative estimate of drug-likeness (QED) is 0.794. The van der Waals surface area contributed by atoms with Crippen molar-refractivity contribution in [3.05, 3.63) is 40.7 Å². The molecule has 1 aromatic heterocycles. The Morgan fingerprint density at radius 1 is 1.25 bits per heavy atom. The average Bonchev–Trinajstić information content (AvgIpc) is 2.73. The molecular formula is C12H12ClN3. The zero-order valence-corrected chi connectivity index (χ0v) is 9.51. The van der Waals surface area contributed by atoms with E-state index in [1.807, 2.05) is 24.3 Å². The van der Waals surface area contributed by atoms with Crippen LogP contribution in [0.4, 0.5) is 0 Å². The number of rotatable bonds is 1. The number of nitrogens with one attached hydrogen (secondary N) is 2. The number of hydrogen-bond acceptors (Lipinski definition) is 2. The summed E-state index contributed by atoms with van der Waals surface area (Å²) in [6.07, 6.45) is 1.01. The van der Waals surface area contributed by atoms with Gasteiger partial charge < -0.3 is 10.3 Å². The summed E-state index contributed by atoms with van der Waals surface area (Å²) in [6, 6.07) is 7.77. The molecule has 0 fully saturated rings. The van der Waals surface area contributed by atoms with Crippen molar-refractivity contribution in [1.29, 1.82) is 0 Å². The van der Waals surface area contributed by atoms with E-state index in [4.69, 9.17) is 11.6 Å². The van der Waals surface area contributed by atoms with Gasteiger partial charge in [0.25, 0.3) is 0 Å². The number of aromatic nitrogens is 2. The predicted molar refractivity (Wildman–Crippen MR) is 64.4 cm³/mol. The maximum absolute atomic E-state index is 6.15. The maximum atomic E-state index is 6.15. The summed E-state index contributed by atoms with van der Waals surface area (Å²) in [5.41, 5.74) is 3.31. The normalized spacial score (nSPS) is 14.8. The van der Waals surface area contributed by atoms with E-state index in [9.17, 15) is 0 Å². The van der Waals surface area contributed by atoms with E-state index in [1.54, 1.807) is 0 Å². The summed E-state index contributed by atoms with van der Waals surface area (Å²) in [6.45, 7) is 1.85. The van der Waals surface area contributed by atoms with Gasteiger partial charge in [-0.25, -0.2) is 4.98 Å². The van der Waals surface area contributed by atoms with Gasteiger partial charge in [0.05, 0.1) is 10.7 Å². The van der Waals surface area contributed by atoms with Crippen LogP contribution in [-0.2, 0) is 13.0 Å². The van der Waals surface area contributed by atoms with E-state index in [1.165, 1.54) is 5.69 Å². The Morgan fingerprint density at radius 3 is 2.94 bits per heavy atom. The van der Waals surface area contributed by atoms with Crippen LogP contribution in [0.25, 0.3) is 11.4 Å². The zero-order chi connectivity index (χ0) is 11.0. The molecule has 2 heterocycles. The van der Waals surface area contributed by atoms with Crippen LogP contribution in [-0.4, -0.2) is 16.5 Å². The van der Waals surface area contributed by atoms with Crippen molar-refractivity contribution in [1.82, 2.24) is 15.3 Å². The predicted octanol–water partition coefficient (Wildman–Crippen LogP) is 2.38. The van der Waals surface area contributed by atoms with Crippen molar-refractivity contribution in [3.63, 3.8) is 0 Å². The Hall–Kier alpha value is -1.32. The molecule has 0 saturated carbocycles. The van der Waals surface area contributed by atoms with E-state index in [0.29, 0.717) is 0 Å². The Morgan fingerprint density at radius 2 is 2.12 bits per heavy atom. The highest BCUT2D eigenvalue weighted by molar-refractivity contribution is 6.33. The lowest BCUT2D eigenvalue weighted by molar-refractivity contribution is 0.627. The lowest BCUT2D eigenvalue weighted by atomic mass is 10.2. The molecule has 2 N–H and O–H groups in total. The Labute approximate surface area is 98.9 Å². The average molecular weight is 234 g/mol. The standard InChI is InChI=1S/C12H12ClN3/c13-9-4-2-1-3-8(9)12-15-10-5-6-14-7-11(10)16-12/h1-4,14H,5-7H2,(H,15,16). The topological polar surface area (TPSA) is 40.7 Å². The van der Waals surface area contributed by atoms with Crippen LogP contribution in [0.3, 0.4) is 0 Å². The number of halogens is 1. The molecule has 0 amide bonds. The zero-order valence-electron chi connectivity index (χ0n) is 8.76. The lowest BCUT2D eigenvalue weighted by Crippen LogP contribution is -2.23. The molecule has 0 unspecified atom stereocenters. The molecule has 82 valence electrons. The number of fused-ring (bicyclic) bond motifs is 1. The maximum Gasteiger partial charge on any atom is 0.139 e. The van der Waals surface area contributed by atoms with E-state index in [0.717, 1.165) is 41.6 Å². The van der Waals surface area contributed by atoms with Gasteiger partial charge in [0, 0.05) is 30.8 Å². The number of imidazole rings is 1. The molecule has 3 rings (SSSR count). The van der Waals surface area contributed by atoms with Gasteiger partial charge in [-0.2, -0.15) is 0 Å². The monoisotopic (exact) mass is 233 g/mol. The van der Waals surface area contributed by atoms with E-state index in [2.05, 4.69) is 15.3 Å². The Kier molecular flexibility index (Phi) is 2.42. The van der Waals surface area contributed by atoms with Crippen LogP contribution in [0.15, 0.2) is 24.3 Å². The fourth-order valence-corrected chi connectivity index (χ4v) is 2.22. The molecule has 3 nitrogen and oxygen atoms in total. The van der Waals surface area contributed by atoms with Gasteiger partial charge in [-0.1, -0.05) is 23.7 Å². The third kappa shape index (κ3) is 1.62. The smallest absolute Gasteiger partial charge is 0.139 e. The SMILES string of the molecule is Clc1ccccc1-c1nc2c([nH]1)CCNC2. The number of H-pyrrole nitrogens is 1. The van der Waals surface area contributed by atoms with Crippen molar-refractivity contribution >= 4 is 11.6 Å². The molecule has 0 atom stereocenters. The second kappa shape index (κ2) is 3.92. The summed E-state index contributed by atoms with van der Waals surface area (Å²) in [5, 5.41) is 4.04. The number of hydrogen-bond donors (Lipinski definition) is 2. The first-order valence-electron chi connectivity index (χ1n) is 5.38. The van der Waals surface area contributed by atoms with Gasteiger partial charge in [-0.3, -0.25) is 0 Å². The van der Waals surface area contributed by atoms with Gasteiger partial charge in [0.1, 0.15) is 5.82 Å². The van der Waals surface area contributed by atoms with Crippen LogP contribution in [0, 0.1) is 0 Å². The molecule has 1 aliphatic rings. The number of benzene rings is 1. The summed E-state index contributed by atoms with van der Waals surface area (Å²) < 4.78 is 0. The van der Waals surface area contributed by atoms with E-state index >= 15 is 0 Å². The van der Waals surface area contributed by atoms with Gasteiger partial charge in [-0.05, 0) is 12.1 Å². The van der Waals surface area contributed by atoms with Gasteiger partial charge in [0.2, 0.25) is 0 Å². The van der Waals surface area contributed by atoms with Crippen LogP contribution in [0.2, 0.25) is 5.02 Å². The fraction of sp³-hybridized carbons (Fsp3) is 0.250. The van der Waals surface area contributed by atoms with E-state index < -0.39 is 0 Å². The lowest BCUT2D eigenvalue weighted by Gasteiger charge is -2.09. The molecular weight excluding hydrogens is 222 g/mol. The molecule has 1 aliphatic heterocycles. The van der Waals surface area contributed by atoms with Gasteiger partial charge in [0.15, 0.2) is 0 Å². The minimum absolute atomic E-state index is 0.738. The highest BCUT2D eigenvalue weighted by atomic mass is 35.5. The molecule has 0 radical (unpaired) electrons. The van der Waals surface area contributed by atoms with Crippen molar-refractivity contribution in [3.8, 4) is 11.4 Å². The molecule has 4 heteroatoms. The highest BCUT2D eigenvalue weighted by Crippen LogP contribution is 2.26. The summed E-state index contributed by atoms with van der Waals surface area (Å²) in [7, 11) is 0. The molecule has 2 aromatic rings. The van der Waals surface area contributed by atoms with Gasteiger partial charge in [-0.15, -0.1) is 0 Å². The second-order valence-electron chi connectivity index (χ2n) is 3.92. The van der Waals surface area contributed by atoms with E-state index in [-0.39, 0.29) is 0 Å². The molecule has 16 heavy (non-hydrogen) atoms. The Balaban J connectivity index is 2.07. The number of nitrogens with zero attached hydrogens (tertiary/aromatic N) is 1. The van der Waals surface area contributed by atoms with Crippen molar-refractivity contribution in [2.45, 2.75) is 13.0 Å². The Bertz CT molecular complexity index is 495.